The van der Waals surface area contributed by atoms with E-state index >= 15 is 0 Å². The number of rotatable bonds is 6. The number of carbonyl (C=O) groups is 1. The molecule has 0 bridgehead atoms. The van der Waals surface area contributed by atoms with Crippen molar-refractivity contribution in [2.45, 2.75) is 37.5 Å². The monoisotopic (exact) mass is 306 g/mol. The summed E-state index contributed by atoms with van der Waals surface area (Å²) in [5.74, 6) is 0.196. The number of benzene rings is 1. The van der Waals surface area contributed by atoms with Crippen molar-refractivity contribution in [3.05, 3.63) is 35.6 Å². The molecule has 3 nitrogen and oxygen atoms in total. The second-order valence-corrected chi connectivity index (χ2v) is 6.97. The molecule has 0 aliphatic heterocycles. The number of halogens is 1. The van der Waals surface area contributed by atoms with Gasteiger partial charge in [-0.15, -0.1) is 11.8 Å². The summed E-state index contributed by atoms with van der Waals surface area (Å²) >= 11 is 1.48. The maximum atomic E-state index is 12.9. The van der Waals surface area contributed by atoms with Crippen molar-refractivity contribution in [2.75, 3.05) is 5.75 Å². The highest BCUT2D eigenvalue weighted by Crippen LogP contribution is 2.39. The van der Waals surface area contributed by atoms with Gasteiger partial charge in [0.15, 0.2) is 0 Å². The fraction of sp³-hybridized carbons (Fsp3) is 0.500. The molecule has 1 fully saturated rings. The van der Waals surface area contributed by atoms with Crippen molar-refractivity contribution in [1.82, 2.24) is 5.32 Å². The van der Waals surface area contributed by atoms with E-state index in [1.807, 2.05) is 6.92 Å². The van der Waals surface area contributed by atoms with Gasteiger partial charge in [-0.3, -0.25) is 4.79 Å². The summed E-state index contributed by atoms with van der Waals surface area (Å²) in [6.07, 6.45) is 2.01. The molecule has 21 heavy (non-hydrogen) atoms. The molecule has 2 rings (SSSR count). The van der Waals surface area contributed by atoms with Gasteiger partial charge in [-0.1, -0.05) is 12.1 Å². The van der Waals surface area contributed by atoms with Crippen LogP contribution in [0.15, 0.2) is 24.3 Å². The lowest BCUT2D eigenvalue weighted by Crippen LogP contribution is -2.47. The number of hydrogen-bond donors (Lipinski definition) is 1. The normalized spacial score (nSPS) is 18.4. The second-order valence-electron chi connectivity index (χ2n) is 5.64. The minimum absolute atomic E-state index is 0.102. The van der Waals surface area contributed by atoms with Crippen LogP contribution in [0.25, 0.3) is 0 Å². The Kier molecular flexibility index (Phi) is 4.89. The molecule has 0 radical (unpaired) electrons. The van der Waals surface area contributed by atoms with E-state index in [4.69, 9.17) is 0 Å². The van der Waals surface area contributed by atoms with Crippen LogP contribution in [0, 0.1) is 23.1 Å². The molecule has 1 amide bonds. The smallest absolute Gasteiger partial charge is 0.231 e. The second kappa shape index (κ2) is 6.48. The number of hydrogen-bond acceptors (Lipinski definition) is 3. The molecule has 0 aromatic heterocycles. The quantitative estimate of drug-likeness (QED) is 0.876. The first-order valence-corrected chi connectivity index (χ1v) is 8.09. The molecule has 0 unspecified atom stereocenters. The molecule has 1 aromatic rings. The first kappa shape index (κ1) is 15.8. The van der Waals surface area contributed by atoms with Crippen LogP contribution in [0.5, 0.6) is 0 Å². The van der Waals surface area contributed by atoms with Gasteiger partial charge in [0.25, 0.3) is 0 Å². The predicted octanol–water partition coefficient (Wildman–Crippen LogP) is 3.43. The first-order chi connectivity index (χ1) is 9.94. The Balaban J connectivity index is 1.83. The van der Waals surface area contributed by atoms with Gasteiger partial charge in [0, 0.05) is 5.25 Å². The molecule has 1 aliphatic rings. The minimum Gasteiger partial charge on any atom is -0.337 e. The predicted molar refractivity (Wildman–Crippen MR) is 82.2 cm³/mol. The third-order valence-corrected chi connectivity index (χ3v) is 5.03. The summed E-state index contributed by atoms with van der Waals surface area (Å²) in [5.41, 5.74) is 0.246. The molecule has 0 saturated heterocycles. The van der Waals surface area contributed by atoms with Crippen molar-refractivity contribution in [3.63, 3.8) is 0 Å². The Bertz CT molecular complexity index is 550. The van der Waals surface area contributed by atoms with Crippen molar-refractivity contribution in [1.29, 1.82) is 5.26 Å². The molecule has 1 aliphatic carbocycles. The largest absolute Gasteiger partial charge is 0.337 e. The summed E-state index contributed by atoms with van der Waals surface area (Å²) in [5, 5.41) is 12.2. The van der Waals surface area contributed by atoms with Crippen LogP contribution in [0.2, 0.25) is 0 Å². The molecular weight excluding hydrogens is 287 g/mol. The van der Waals surface area contributed by atoms with Gasteiger partial charge < -0.3 is 5.32 Å². The fourth-order valence-electron chi connectivity index (χ4n) is 2.24. The Labute approximate surface area is 128 Å². The van der Waals surface area contributed by atoms with Crippen molar-refractivity contribution >= 4 is 17.7 Å². The number of thioether (sulfide) groups is 1. The van der Waals surface area contributed by atoms with Gasteiger partial charge in [0.2, 0.25) is 5.91 Å². The van der Waals surface area contributed by atoms with Gasteiger partial charge in [0.1, 0.15) is 11.4 Å². The Morgan fingerprint density at radius 2 is 2.14 bits per heavy atom. The van der Waals surface area contributed by atoms with Crippen LogP contribution in [-0.4, -0.2) is 17.2 Å². The average molecular weight is 306 g/mol. The van der Waals surface area contributed by atoms with Crippen LogP contribution in [-0.2, 0) is 4.79 Å². The van der Waals surface area contributed by atoms with E-state index in [0.29, 0.717) is 5.75 Å². The lowest BCUT2D eigenvalue weighted by Gasteiger charge is -2.23. The van der Waals surface area contributed by atoms with E-state index < -0.39 is 5.54 Å². The van der Waals surface area contributed by atoms with Crippen molar-refractivity contribution < 1.29 is 9.18 Å². The zero-order valence-electron chi connectivity index (χ0n) is 12.2. The van der Waals surface area contributed by atoms with Crippen LogP contribution in [0.3, 0.4) is 0 Å². The number of nitrogens with zero attached hydrogens (tertiary/aromatic N) is 1. The molecular formula is C16H19FN2OS. The topological polar surface area (TPSA) is 52.9 Å². The van der Waals surface area contributed by atoms with Gasteiger partial charge in [-0.2, -0.15) is 5.26 Å². The first-order valence-electron chi connectivity index (χ1n) is 7.04. The lowest BCUT2D eigenvalue weighted by atomic mass is 9.98. The summed E-state index contributed by atoms with van der Waals surface area (Å²) in [7, 11) is 0. The van der Waals surface area contributed by atoms with Crippen LogP contribution in [0.4, 0.5) is 4.39 Å². The Hall–Kier alpha value is -1.54. The maximum Gasteiger partial charge on any atom is 0.231 e. The molecule has 0 spiro atoms. The number of nitriles is 1. The fourth-order valence-corrected chi connectivity index (χ4v) is 3.06. The van der Waals surface area contributed by atoms with E-state index in [0.717, 1.165) is 18.4 Å². The Morgan fingerprint density at radius 1 is 1.52 bits per heavy atom. The average Bonchev–Trinajstić information content (AvgIpc) is 3.30. The molecule has 112 valence electrons. The van der Waals surface area contributed by atoms with Gasteiger partial charge in [-0.25, -0.2) is 4.39 Å². The third-order valence-electron chi connectivity index (χ3n) is 3.83. The maximum absolute atomic E-state index is 12.9. The van der Waals surface area contributed by atoms with Gasteiger partial charge in [0.05, 0.1) is 11.8 Å². The molecule has 0 heterocycles. The Morgan fingerprint density at radius 3 is 2.67 bits per heavy atom. The van der Waals surface area contributed by atoms with Crippen molar-refractivity contribution in [2.24, 2.45) is 5.92 Å². The SMILES string of the molecule is C[C@@H](SCC(=O)N[C@](C)(C#N)C1CC1)c1ccc(F)cc1. The zero-order chi connectivity index (χ0) is 15.5. The van der Waals surface area contributed by atoms with Crippen LogP contribution < -0.4 is 5.32 Å². The van der Waals surface area contributed by atoms with E-state index in [9.17, 15) is 14.4 Å². The van der Waals surface area contributed by atoms with Crippen molar-refractivity contribution in [3.8, 4) is 6.07 Å². The summed E-state index contributed by atoms with van der Waals surface area (Å²) in [6, 6.07) is 8.52. The summed E-state index contributed by atoms with van der Waals surface area (Å²) in [6.45, 7) is 3.77. The van der Waals surface area contributed by atoms with Crippen LogP contribution >= 0.6 is 11.8 Å². The number of carbonyl (C=O) groups excluding carboxylic acids is 1. The highest BCUT2D eigenvalue weighted by Gasteiger charge is 2.42. The van der Waals surface area contributed by atoms with Gasteiger partial charge >= 0.3 is 0 Å². The summed E-state index contributed by atoms with van der Waals surface area (Å²) in [4.78, 5) is 12.0. The molecule has 2 atom stereocenters. The molecule has 5 heteroatoms. The van der Waals surface area contributed by atoms with E-state index in [1.165, 1.54) is 23.9 Å². The number of nitrogens with one attached hydrogen (secondary N) is 1. The highest BCUT2D eigenvalue weighted by atomic mass is 32.2. The minimum atomic E-state index is -0.739. The van der Waals surface area contributed by atoms with E-state index in [2.05, 4.69) is 11.4 Å². The third kappa shape index (κ3) is 4.21. The lowest BCUT2D eigenvalue weighted by molar-refractivity contribution is -0.119. The zero-order valence-corrected chi connectivity index (χ0v) is 13.0. The molecule has 1 N–H and O–H groups in total. The van der Waals surface area contributed by atoms with E-state index in [-0.39, 0.29) is 22.9 Å². The van der Waals surface area contributed by atoms with Crippen LogP contribution in [0.1, 0.15) is 37.5 Å². The molecule has 1 saturated carbocycles. The highest BCUT2D eigenvalue weighted by molar-refractivity contribution is 8.00. The van der Waals surface area contributed by atoms with Gasteiger partial charge in [-0.05, 0) is 50.3 Å². The number of amides is 1. The summed E-state index contributed by atoms with van der Waals surface area (Å²) < 4.78 is 12.9. The molecule has 1 aromatic carbocycles. The standard InChI is InChI=1S/C16H19FN2OS/c1-11(12-3-7-14(17)8-4-12)21-9-15(20)19-16(2,10-18)13-5-6-13/h3-4,7-8,11,13H,5-6,9H2,1-2H3,(H,19,20)/t11-,16-/m1/s1. The van der Waals surface area contributed by atoms with E-state index in [1.54, 1.807) is 19.1 Å².